The molecule has 248 valence electrons. The minimum Gasteiger partial charge on any atom is -0.456 e. The third-order valence-electron chi connectivity index (χ3n) is 9.88. The summed E-state index contributed by atoms with van der Waals surface area (Å²) in [6.45, 7) is 0. The number of rotatable bonds is 5. The van der Waals surface area contributed by atoms with Crippen LogP contribution in [-0.2, 0) is 0 Å². The highest BCUT2D eigenvalue weighted by molar-refractivity contribution is 7.21. The molecule has 0 fully saturated rings. The Balaban J connectivity index is 1.12. The summed E-state index contributed by atoms with van der Waals surface area (Å²) in [7, 11) is 0. The van der Waals surface area contributed by atoms with Crippen molar-refractivity contribution in [2.75, 3.05) is 0 Å². The topological polar surface area (TPSA) is 69.6 Å². The van der Waals surface area contributed by atoms with Crippen molar-refractivity contribution in [3.05, 3.63) is 164 Å². The second-order valence-electron chi connectivity index (χ2n) is 13.1. The molecule has 53 heavy (non-hydrogen) atoms. The van der Waals surface area contributed by atoms with Gasteiger partial charge >= 0.3 is 0 Å². The molecule has 6 nitrogen and oxygen atoms in total. The van der Waals surface area contributed by atoms with E-state index in [0.29, 0.717) is 17.5 Å². The Morgan fingerprint density at radius 1 is 0.415 bits per heavy atom. The Morgan fingerprint density at radius 3 is 1.83 bits per heavy atom. The summed E-state index contributed by atoms with van der Waals surface area (Å²) in [5.74, 6) is 1.79. The SMILES string of the molecule is c1ccc(-c2nc3ccc(-c4nc(-c5ccc6oc7ccccc7c6c5)nc(-c5ccc6c7ccccc7n(-c7ccccc7)c6c5)n4)cc3s2)cc1. The molecule has 11 aromatic rings. The highest BCUT2D eigenvalue weighted by Crippen LogP contribution is 2.37. The van der Waals surface area contributed by atoms with Gasteiger partial charge in [0.05, 0.1) is 21.3 Å². The van der Waals surface area contributed by atoms with Gasteiger partial charge < -0.3 is 8.98 Å². The molecule has 0 aliphatic heterocycles. The zero-order valence-corrected chi connectivity index (χ0v) is 29.0. The first-order valence-corrected chi connectivity index (χ1v) is 18.3. The number of furan rings is 1. The van der Waals surface area contributed by atoms with Crippen molar-refractivity contribution in [3.8, 4) is 50.4 Å². The van der Waals surface area contributed by atoms with E-state index in [1.165, 1.54) is 10.8 Å². The fourth-order valence-electron chi connectivity index (χ4n) is 7.36. The molecule has 0 aliphatic rings. The number of thiazole rings is 1. The van der Waals surface area contributed by atoms with Crippen molar-refractivity contribution in [1.82, 2.24) is 24.5 Å². The van der Waals surface area contributed by atoms with Crippen LogP contribution >= 0.6 is 11.3 Å². The molecular formula is C46H27N5OS. The van der Waals surface area contributed by atoms with Crippen LogP contribution < -0.4 is 0 Å². The molecule has 0 N–H and O–H groups in total. The average Bonchev–Trinajstić information content (AvgIpc) is 3.92. The first-order valence-electron chi connectivity index (χ1n) is 17.5. The van der Waals surface area contributed by atoms with Gasteiger partial charge in [-0.25, -0.2) is 19.9 Å². The van der Waals surface area contributed by atoms with Crippen LogP contribution in [0.1, 0.15) is 0 Å². The van der Waals surface area contributed by atoms with Gasteiger partial charge in [0.1, 0.15) is 16.2 Å². The fraction of sp³-hybridized carbons (Fsp3) is 0. The molecule has 0 saturated carbocycles. The van der Waals surface area contributed by atoms with E-state index in [0.717, 1.165) is 76.1 Å². The van der Waals surface area contributed by atoms with Gasteiger partial charge in [0, 0.05) is 49.5 Å². The number of aromatic nitrogens is 5. The molecule has 7 heteroatoms. The number of para-hydroxylation sites is 3. The molecule has 0 radical (unpaired) electrons. The van der Waals surface area contributed by atoms with E-state index in [4.69, 9.17) is 24.4 Å². The lowest BCUT2D eigenvalue weighted by Gasteiger charge is -2.10. The third-order valence-corrected chi connectivity index (χ3v) is 11.0. The van der Waals surface area contributed by atoms with Gasteiger partial charge in [-0.1, -0.05) is 97.1 Å². The van der Waals surface area contributed by atoms with Crippen molar-refractivity contribution in [2.45, 2.75) is 0 Å². The summed E-state index contributed by atoms with van der Waals surface area (Å²) < 4.78 is 9.55. The third kappa shape index (κ3) is 4.93. The monoisotopic (exact) mass is 697 g/mol. The molecule has 7 aromatic carbocycles. The number of fused-ring (bicyclic) bond motifs is 7. The van der Waals surface area contributed by atoms with Gasteiger partial charge in [-0.3, -0.25) is 0 Å². The Bertz CT molecular complexity index is 3180. The molecule has 0 aliphatic carbocycles. The fourth-order valence-corrected chi connectivity index (χ4v) is 8.37. The molecule has 0 bridgehead atoms. The van der Waals surface area contributed by atoms with E-state index in [-0.39, 0.29) is 0 Å². The van der Waals surface area contributed by atoms with Crippen molar-refractivity contribution in [1.29, 1.82) is 0 Å². The van der Waals surface area contributed by atoms with Crippen molar-refractivity contribution in [2.24, 2.45) is 0 Å². The van der Waals surface area contributed by atoms with Crippen LogP contribution in [0.5, 0.6) is 0 Å². The summed E-state index contributed by atoms with van der Waals surface area (Å²) in [5.41, 5.74) is 9.76. The van der Waals surface area contributed by atoms with Crippen LogP contribution in [0.25, 0.3) is 104 Å². The Morgan fingerprint density at radius 2 is 1.02 bits per heavy atom. The number of hydrogen-bond acceptors (Lipinski definition) is 6. The smallest absolute Gasteiger partial charge is 0.164 e. The molecule has 0 unspecified atom stereocenters. The first kappa shape index (κ1) is 29.7. The normalized spacial score (nSPS) is 11.8. The van der Waals surface area contributed by atoms with Crippen molar-refractivity contribution < 1.29 is 4.42 Å². The van der Waals surface area contributed by atoms with Crippen LogP contribution in [0, 0.1) is 0 Å². The number of nitrogens with zero attached hydrogens (tertiary/aromatic N) is 5. The standard InChI is InChI=1S/C46H27N5OS/c1-3-11-28(12-4-1)46-47-37-23-20-31(27-42(37)53-46)45-49-43(29-21-24-41-36(25-29)35-16-8-10-18-40(35)52-41)48-44(50-45)30-19-22-34-33-15-7-9-17-38(33)51(39(34)26-30)32-13-5-2-6-14-32/h1-27H. The molecule has 4 aromatic heterocycles. The minimum absolute atomic E-state index is 0.593. The first-order chi connectivity index (χ1) is 26.2. The lowest BCUT2D eigenvalue weighted by molar-refractivity contribution is 0.669. The second-order valence-corrected chi connectivity index (χ2v) is 14.1. The summed E-state index contributed by atoms with van der Waals surface area (Å²) in [6, 6.07) is 56.4. The molecule has 0 saturated heterocycles. The highest BCUT2D eigenvalue weighted by Gasteiger charge is 2.18. The predicted octanol–water partition coefficient (Wildman–Crippen LogP) is 12.1. The summed E-state index contributed by atoms with van der Waals surface area (Å²) >= 11 is 1.67. The molecule has 0 atom stereocenters. The van der Waals surface area contributed by atoms with Gasteiger partial charge in [0.2, 0.25) is 0 Å². The van der Waals surface area contributed by atoms with E-state index in [2.05, 4.69) is 114 Å². The van der Waals surface area contributed by atoms with Gasteiger partial charge in [-0.15, -0.1) is 11.3 Å². The zero-order chi connectivity index (χ0) is 34.9. The molecule has 4 heterocycles. The van der Waals surface area contributed by atoms with Crippen LogP contribution in [0.4, 0.5) is 0 Å². The Labute approximate surface area is 307 Å². The molecular weight excluding hydrogens is 671 g/mol. The summed E-state index contributed by atoms with van der Waals surface area (Å²) in [5, 5.41) is 5.43. The average molecular weight is 698 g/mol. The maximum absolute atomic E-state index is 6.16. The highest BCUT2D eigenvalue weighted by atomic mass is 32.1. The minimum atomic E-state index is 0.593. The Hall–Kier alpha value is -6.96. The molecule has 0 amide bonds. The van der Waals surface area contributed by atoms with Crippen molar-refractivity contribution >= 4 is 65.3 Å². The summed E-state index contributed by atoms with van der Waals surface area (Å²) in [6.07, 6.45) is 0. The van der Waals surface area contributed by atoms with E-state index in [1.54, 1.807) is 11.3 Å². The quantitative estimate of drug-likeness (QED) is 0.179. The lowest BCUT2D eigenvalue weighted by Crippen LogP contribution is -2.00. The number of hydrogen-bond donors (Lipinski definition) is 0. The molecule has 0 spiro atoms. The van der Waals surface area contributed by atoms with Crippen LogP contribution in [0.3, 0.4) is 0 Å². The van der Waals surface area contributed by atoms with E-state index < -0.39 is 0 Å². The van der Waals surface area contributed by atoms with E-state index >= 15 is 0 Å². The number of benzene rings is 7. The molecule has 11 rings (SSSR count). The maximum atomic E-state index is 6.16. The maximum Gasteiger partial charge on any atom is 0.164 e. The largest absolute Gasteiger partial charge is 0.456 e. The van der Waals surface area contributed by atoms with E-state index in [9.17, 15) is 0 Å². The summed E-state index contributed by atoms with van der Waals surface area (Å²) in [4.78, 5) is 20.4. The van der Waals surface area contributed by atoms with E-state index in [1.807, 2.05) is 54.6 Å². The van der Waals surface area contributed by atoms with Gasteiger partial charge in [0.15, 0.2) is 17.5 Å². The predicted molar refractivity (Wildman–Crippen MR) is 216 cm³/mol. The van der Waals surface area contributed by atoms with Crippen LogP contribution in [-0.4, -0.2) is 24.5 Å². The van der Waals surface area contributed by atoms with Crippen molar-refractivity contribution in [3.63, 3.8) is 0 Å². The Kier molecular flexibility index (Phi) is 6.62. The zero-order valence-electron chi connectivity index (χ0n) is 28.1. The lowest BCUT2D eigenvalue weighted by atomic mass is 10.1. The second kappa shape index (κ2) is 11.8. The van der Waals surface area contributed by atoms with Gasteiger partial charge in [-0.05, 0) is 66.7 Å². The van der Waals surface area contributed by atoms with Crippen LogP contribution in [0.2, 0.25) is 0 Å². The van der Waals surface area contributed by atoms with Gasteiger partial charge in [-0.2, -0.15) is 0 Å². The van der Waals surface area contributed by atoms with Crippen LogP contribution in [0.15, 0.2) is 168 Å². The van der Waals surface area contributed by atoms with Gasteiger partial charge in [0.25, 0.3) is 0 Å².